The van der Waals surface area contributed by atoms with Crippen molar-refractivity contribution >= 4 is 52.0 Å². The largest absolute Gasteiger partial charge is 0.454 e. The number of nitrogens with zero attached hydrogens (tertiary/aromatic N) is 3. The van der Waals surface area contributed by atoms with Crippen molar-refractivity contribution in [1.82, 2.24) is 9.47 Å². The summed E-state index contributed by atoms with van der Waals surface area (Å²) in [5.41, 5.74) is -0.573. The first-order chi connectivity index (χ1) is 23.4. The summed E-state index contributed by atoms with van der Waals surface area (Å²) in [6.07, 6.45) is 6.09. The van der Waals surface area contributed by atoms with Gasteiger partial charge in [-0.05, 0) is 61.2 Å². The predicted octanol–water partition coefficient (Wildman–Crippen LogP) is 6.81. The third-order valence-electron chi connectivity index (χ3n) is 7.44. The molecule has 2 aliphatic rings. The maximum absolute atomic E-state index is 12.8. The molecule has 12 nitrogen and oxygen atoms in total. The summed E-state index contributed by atoms with van der Waals surface area (Å²) in [7, 11) is 0. The summed E-state index contributed by atoms with van der Waals surface area (Å²) < 4.78 is 54.7. The van der Waals surface area contributed by atoms with Crippen molar-refractivity contribution in [3.63, 3.8) is 0 Å². The summed E-state index contributed by atoms with van der Waals surface area (Å²) in [5.74, 6) is -0.149. The highest BCUT2D eigenvalue weighted by Gasteiger charge is 2.31. The number of hydrogen-bond acceptors (Lipinski definition) is 8. The molecule has 0 spiro atoms. The number of alkyl halides is 3. The SMILES string of the molecule is O=C(C=CC=Cc1ccc2c(c1)OCO2)N1CCCCC1.O=C(Cn1c(=O)oc2cc([N+](=O)[O-])ccc21)Nc1cc(C(F)(F)F)ccc1Cl. The number of non-ortho nitro benzene ring substituents is 1. The van der Waals surface area contributed by atoms with Crippen molar-refractivity contribution in [2.75, 3.05) is 25.2 Å². The second-order valence-corrected chi connectivity index (χ2v) is 11.2. The Hall–Kier alpha value is -5.57. The fourth-order valence-corrected chi connectivity index (χ4v) is 5.15. The van der Waals surface area contributed by atoms with E-state index in [9.17, 15) is 37.7 Å². The molecule has 0 saturated carbocycles. The third-order valence-corrected chi connectivity index (χ3v) is 7.76. The van der Waals surface area contributed by atoms with E-state index in [-0.39, 0.29) is 40.2 Å². The van der Waals surface area contributed by atoms with Gasteiger partial charge in [0.2, 0.25) is 18.6 Å². The molecule has 4 aromatic rings. The number of hydrogen-bond donors (Lipinski definition) is 1. The summed E-state index contributed by atoms with van der Waals surface area (Å²) >= 11 is 5.81. The Morgan fingerprint density at radius 1 is 0.980 bits per heavy atom. The minimum absolute atomic E-state index is 0.102. The molecule has 2 aliphatic heterocycles. The van der Waals surface area contributed by atoms with Gasteiger partial charge in [0.05, 0.1) is 32.8 Å². The number of aromatic nitrogens is 1. The molecule has 0 atom stereocenters. The number of rotatable bonds is 7. The molecule has 49 heavy (non-hydrogen) atoms. The molecule has 1 N–H and O–H groups in total. The van der Waals surface area contributed by atoms with Gasteiger partial charge in [-0.25, -0.2) is 4.79 Å². The van der Waals surface area contributed by atoms with Gasteiger partial charge < -0.3 is 24.1 Å². The molecular weight excluding hydrogens is 673 g/mol. The van der Waals surface area contributed by atoms with Gasteiger partial charge in [0, 0.05) is 25.2 Å². The minimum Gasteiger partial charge on any atom is -0.454 e. The summed E-state index contributed by atoms with van der Waals surface area (Å²) in [4.78, 5) is 48.1. The zero-order valence-corrected chi connectivity index (χ0v) is 26.3. The zero-order chi connectivity index (χ0) is 35.1. The number of allylic oxidation sites excluding steroid dienone is 2. The van der Waals surface area contributed by atoms with E-state index in [4.69, 9.17) is 25.5 Å². The molecule has 0 radical (unpaired) electrons. The van der Waals surface area contributed by atoms with E-state index in [0.29, 0.717) is 6.07 Å². The van der Waals surface area contributed by atoms with Gasteiger partial charge in [-0.1, -0.05) is 35.9 Å². The van der Waals surface area contributed by atoms with E-state index in [1.807, 2.05) is 35.3 Å². The molecule has 1 saturated heterocycles. The van der Waals surface area contributed by atoms with Gasteiger partial charge >= 0.3 is 11.9 Å². The van der Waals surface area contributed by atoms with Gasteiger partial charge in [0.25, 0.3) is 5.69 Å². The Kier molecular flexibility index (Phi) is 10.7. The summed E-state index contributed by atoms with van der Waals surface area (Å²) in [6, 6.07) is 11.6. The lowest BCUT2D eigenvalue weighted by Crippen LogP contribution is -2.34. The molecule has 0 aliphatic carbocycles. The van der Waals surface area contributed by atoms with Gasteiger partial charge in [-0.15, -0.1) is 0 Å². The number of benzene rings is 3. The van der Waals surface area contributed by atoms with Crippen LogP contribution in [0.4, 0.5) is 24.5 Å². The van der Waals surface area contributed by atoms with Crippen LogP contribution in [0.3, 0.4) is 0 Å². The number of halogens is 4. The Bertz CT molecular complexity index is 2000. The highest BCUT2D eigenvalue weighted by atomic mass is 35.5. The van der Waals surface area contributed by atoms with Gasteiger partial charge in [0.1, 0.15) is 6.54 Å². The molecule has 0 bridgehead atoms. The Morgan fingerprint density at radius 3 is 2.47 bits per heavy atom. The molecule has 256 valence electrons. The third kappa shape index (κ3) is 8.87. The zero-order valence-electron chi connectivity index (χ0n) is 25.6. The average molecular weight is 701 g/mol. The van der Waals surface area contributed by atoms with Crippen LogP contribution in [0.15, 0.2) is 82.0 Å². The van der Waals surface area contributed by atoms with Crippen LogP contribution in [-0.4, -0.2) is 46.1 Å². The number of nitro benzene ring substituents is 1. The van der Waals surface area contributed by atoms with Crippen LogP contribution < -0.4 is 20.5 Å². The second-order valence-electron chi connectivity index (χ2n) is 10.8. The van der Waals surface area contributed by atoms with Crippen molar-refractivity contribution in [2.24, 2.45) is 0 Å². The Labute approximate surface area is 281 Å². The molecule has 3 heterocycles. The number of nitrogens with one attached hydrogen (secondary N) is 1. The van der Waals surface area contributed by atoms with E-state index < -0.39 is 34.9 Å². The molecule has 1 aromatic heterocycles. The van der Waals surface area contributed by atoms with Crippen LogP contribution in [0.5, 0.6) is 11.5 Å². The number of carbonyl (C=O) groups excluding carboxylic acids is 2. The van der Waals surface area contributed by atoms with Gasteiger partial charge in [-0.2, -0.15) is 13.2 Å². The highest BCUT2D eigenvalue weighted by molar-refractivity contribution is 6.33. The molecule has 0 unspecified atom stereocenters. The first-order valence-electron chi connectivity index (χ1n) is 14.9. The normalized spacial score (nSPS) is 14.2. The van der Waals surface area contributed by atoms with Crippen LogP contribution in [0.1, 0.15) is 30.4 Å². The van der Waals surface area contributed by atoms with Crippen molar-refractivity contribution in [1.29, 1.82) is 0 Å². The lowest BCUT2D eigenvalue weighted by atomic mass is 10.1. The summed E-state index contributed by atoms with van der Waals surface area (Å²) in [5, 5.41) is 12.8. The van der Waals surface area contributed by atoms with E-state index in [1.165, 1.54) is 12.5 Å². The topological polar surface area (TPSA) is 146 Å². The lowest BCUT2D eigenvalue weighted by Gasteiger charge is -2.25. The van der Waals surface area contributed by atoms with Crippen LogP contribution in [0, 0.1) is 10.1 Å². The van der Waals surface area contributed by atoms with Crippen LogP contribution in [-0.2, 0) is 22.3 Å². The molecular formula is C33H28ClF3N4O8. The molecule has 1 fully saturated rings. The molecule has 6 rings (SSSR count). The van der Waals surface area contributed by atoms with Crippen molar-refractivity contribution < 1.29 is 41.6 Å². The minimum atomic E-state index is -4.63. The van der Waals surface area contributed by atoms with Gasteiger partial charge in [-0.3, -0.25) is 24.3 Å². The number of oxazole rings is 1. The number of amides is 2. The van der Waals surface area contributed by atoms with Crippen molar-refractivity contribution in [3.8, 4) is 11.5 Å². The fourth-order valence-electron chi connectivity index (χ4n) is 4.99. The van der Waals surface area contributed by atoms with Crippen LogP contribution in [0.25, 0.3) is 17.2 Å². The van der Waals surface area contributed by atoms with E-state index in [2.05, 4.69) is 5.32 Å². The number of nitro groups is 1. The maximum atomic E-state index is 12.8. The number of anilines is 1. The van der Waals surface area contributed by atoms with E-state index >= 15 is 0 Å². The standard InChI is InChI=1S/C17H19NO3.C16H9ClF3N3O5/c19-17(18-10-4-1-5-11-18)7-3-2-6-14-8-9-15-16(12-14)21-13-20-15;17-10-3-1-8(16(18,19)20)5-11(10)21-14(24)7-22-12-4-2-9(23(26)27)6-13(12)28-15(22)25/h2-3,6-9,12H,1,4-5,10-11,13H2;1-6H,7H2,(H,21,24). The average Bonchev–Trinajstić information content (AvgIpc) is 3.67. The molecule has 2 amide bonds. The Balaban J connectivity index is 0.000000199. The lowest BCUT2D eigenvalue weighted by molar-refractivity contribution is -0.384. The van der Waals surface area contributed by atoms with Crippen molar-refractivity contribution in [3.05, 3.63) is 110 Å². The molecule has 16 heteroatoms. The maximum Gasteiger partial charge on any atom is 0.420 e. The number of likely N-dealkylation sites (tertiary alicyclic amines) is 1. The number of piperidine rings is 1. The quantitative estimate of drug-likeness (QED) is 0.0958. The predicted molar refractivity (Wildman–Crippen MR) is 173 cm³/mol. The second kappa shape index (κ2) is 15.1. The van der Waals surface area contributed by atoms with Crippen LogP contribution >= 0.6 is 11.6 Å². The highest BCUT2D eigenvalue weighted by Crippen LogP contribution is 2.34. The number of fused-ring (bicyclic) bond motifs is 2. The summed E-state index contributed by atoms with van der Waals surface area (Å²) in [6.45, 7) is 1.45. The Morgan fingerprint density at radius 2 is 1.73 bits per heavy atom. The monoisotopic (exact) mass is 700 g/mol. The smallest absolute Gasteiger partial charge is 0.420 e. The number of ether oxygens (including phenoxy) is 2. The first kappa shape index (κ1) is 34.8. The fraction of sp³-hybridized carbons (Fsp3) is 0.242. The first-order valence-corrected chi connectivity index (χ1v) is 15.2. The number of carbonyl (C=O) groups is 2. The van der Waals surface area contributed by atoms with Crippen LogP contribution in [0.2, 0.25) is 5.02 Å². The van der Waals surface area contributed by atoms with Crippen molar-refractivity contribution in [2.45, 2.75) is 32.0 Å². The van der Waals surface area contributed by atoms with E-state index in [0.717, 1.165) is 71.8 Å². The van der Waals surface area contributed by atoms with E-state index in [1.54, 1.807) is 12.2 Å². The molecule has 3 aromatic carbocycles. The van der Waals surface area contributed by atoms with Gasteiger partial charge in [0.15, 0.2) is 17.1 Å².